The minimum Gasteiger partial charge on any atom is -0.340 e. The average Bonchev–Trinajstić information content (AvgIpc) is 2.84. The lowest BCUT2D eigenvalue weighted by molar-refractivity contribution is 1.16. The monoisotopic (exact) mass is 376 g/mol. The highest BCUT2D eigenvalue weighted by molar-refractivity contribution is 5.69. The third kappa shape index (κ3) is 4.51. The Morgan fingerprint density at radius 3 is 2.50 bits per heavy atom. The third-order valence-electron chi connectivity index (χ3n) is 3.39. The van der Waals surface area contributed by atoms with E-state index in [4.69, 9.17) is 24.2 Å². The van der Waals surface area contributed by atoms with Crippen molar-refractivity contribution in [3.63, 3.8) is 0 Å². The van der Waals surface area contributed by atoms with Gasteiger partial charge in [-0.25, -0.2) is 4.98 Å². The van der Waals surface area contributed by atoms with Crippen molar-refractivity contribution in [2.45, 2.75) is 13.7 Å². The second kappa shape index (κ2) is 8.48. The van der Waals surface area contributed by atoms with Crippen LogP contribution in [0.25, 0.3) is 6.08 Å². The van der Waals surface area contributed by atoms with E-state index in [2.05, 4.69) is 20.6 Å². The van der Waals surface area contributed by atoms with Crippen LogP contribution in [0.3, 0.4) is 0 Å². The Labute approximate surface area is 177 Å². The molecule has 3 aromatic rings. The van der Waals surface area contributed by atoms with E-state index < -0.39 is 43.4 Å². The van der Waals surface area contributed by atoms with Crippen molar-refractivity contribution in [1.82, 2.24) is 9.97 Å². The Morgan fingerprint density at radius 2 is 1.86 bits per heavy atom. The molecule has 0 bridgehead atoms. The van der Waals surface area contributed by atoms with Gasteiger partial charge in [0.2, 0.25) is 5.95 Å². The lowest BCUT2D eigenvalue weighted by Crippen LogP contribution is -2.02. The van der Waals surface area contributed by atoms with Crippen LogP contribution < -0.4 is 10.6 Å². The largest absolute Gasteiger partial charge is 0.340 e. The molecule has 0 radical (unpaired) electrons. The molecule has 0 aliphatic rings. The average molecular weight is 376 g/mol. The van der Waals surface area contributed by atoms with Crippen LogP contribution in [-0.4, -0.2) is 9.97 Å². The fourth-order valence-corrected chi connectivity index (χ4v) is 2.19. The van der Waals surface area contributed by atoms with E-state index in [-0.39, 0.29) is 39.8 Å². The molecule has 3 rings (SSSR count). The minimum absolute atomic E-state index is 0.0392. The van der Waals surface area contributed by atoms with E-state index >= 15 is 0 Å². The highest BCUT2D eigenvalue weighted by Gasteiger charge is 2.07. The number of aryl methyl sites for hydroxylation is 2. The summed E-state index contributed by atoms with van der Waals surface area (Å²) in [7, 11) is 0. The van der Waals surface area contributed by atoms with Gasteiger partial charge in [0.1, 0.15) is 5.82 Å². The Morgan fingerprint density at radius 1 is 1.11 bits per heavy atom. The lowest BCUT2D eigenvalue weighted by atomic mass is 10.0. The Kier molecular flexibility index (Phi) is 2.93. The molecule has 0 unspecified atom stereocenters. The summed E-state index contributed by atoms with van der Waals surface area (Å²) >= 11 is 0. The minimum atomic E-state index is -2.75. The van der Waals surface area contributed by atoms with Crippen LogP contribution in [0, 0.1) is 36.4 Å². The van der Waals surface area contributed by atoms with Crippen LogP contribution in [-0.2, 0) is 0 Å². The highest BCUT2D eigenvalue weighted by Crippen LogP contribution is 2.26. The molecule has 0 aliphatic heterocycles. The summed E-state index contributed by atoms with van der Waals surface area (Å²) in [5, 5.41) is 23.2. The first-order valence-electron chi connectivity index (χ1n) is 12.8. The third-order valence-corrected chi connectivity index (χ3v) is 3.39. The SMILES string of the molecule is [2H]c1c([2H])c(Nc2nccc(Nc3c(C([2H])([2H])[2H])cc(/C=C/C#N)cc3C([2H])([2H])[2H])n2)c([2H])c([2H])c1C#N. The van der Waals surface area contributed by atoms with E-state index in [1.165, 1.54) is 30.5 Å². The van der Waals surface area contributed by atoms with Gasteiger partial charge in [-0.15, -0.1) is 0 Å². The zero-order valence-corrected chi connectivity index (χ0v) is 14.3. The maximum absolute atomic E-state index is 9.12. The summed E-state index contributed by atoms with van der Waals surface area (Å²) in [4.78, 5) is 8.13. The van der Waals surface area contributed by atoms with Crippen molar-refractivity contribution in [2.75, 3.05) is 10.6 Å². The van der Waals surface area contributed by atoms with Crippen LogP contribution in [0.5, 0.6) is 0 Å². The van der Waals surface area contributed by atoms with Gasteiger partial charge >= 0.3 is 0 Å². The molecular formula is C22H18N6. The van der Waals surface area contributed by atoms with Crippen molar-refractivity contribution >= 4 is 29.2 Å². The molecular weight excluding hydrogens is 348 g/mol. The molecule has 0 saturated heterocycles. The number of benzene rings is 2. The van der Waals surface area contributed by atoms with Gasteiger partial charge in [-0.05, 0) is 78.8 Å². The summed E-state index contributed by atoms with van der Waals surface area (Å²) in [6.45, 7) is -5.49. The van der Waals surface area contributed by atoms with E-state index in [9.17, 15) is 0 Å². The fraction of sp³-hybridized carbons (Fsp3) is 0.0909. The molecule has 2 N–H and O–H groups in total. The van der Waals surface area contributed by atoms with Crippen LogP contribution in [0.2, 0.25) is 0 Å². The molecule has 0 amide bonds. The number of rotatable bonds is 5. The molecule has 28 heavy (non-hydrogen) atoms. The molecule has 136 valence electrons. The second-order valence-electron chi connectivity index (χ2n) is 5.33. The predicted molar refractivity (Wildman–Crippen MR) is 110 cm³/mol. The summed E-state index contributed by atoms with van der Waals surface area (Å²) in [5.41, 5.74) is -1.43. The van der Waals surface area contributed by atoms with Gasteiger partial charge in [-0.2, -0.15) is 15.5 Å². The van der Waals surface area contributed by atoms with Crippen molar-refractivity contribution in [3.8, 4) is 12.1 Å². The predicted octanol–water partition coefficient (Wildman–Crippen LogP) is 4.99. The molecule has 0 atom stereocenters. The zero-order valence-electron chi connectivity index (χ0n) is 24.3. The molecule has 0 spiro atoms. The lowest BCUT2D eigenvalue weighted by Gasteiger charge is -2.14. The van der Waals surface area contributed by atoms with Gasteiger partial charge in [0, 0.05) is 31.9 Å². The van der Waals surface area contributed by atoms with Gasteiger partial charge in [-0.1, -0.05) is 0 Å². The quantitative estimate of drug-likeness (QED) is 0.609. The Balaban J connectivity index is 2.12. The number of nitrogens with zero attached hydrogens (tertiary/aromatic N) is 4. The smallest absolute Gasteiger partial charge is 0.229 e. The van der Waals surface area contributed by atoms with E-state index in [1.54, 1.807) is 12.1 Å². The van der Waals surface area contributed by atoms with Gasteiger partial charge in [0.15, 0.2) is 0 Å². The number of nitriles is 2. The number of hydrogen-bond acceptors (Lipinski definition) is 6. The topological polar surface area (TPSA) is 97.4 Å². The van der Waals surface area contributed by atoms with Crippen LogP contribution in [0.1, 0.15) is 36.0 Å². The molecule has 0 aliphatic carbocycles. The van der Waals surface area contributed by atoms with E-state index in [1.807, 2.05) is 0 Å². The first-order valence-corrected chi connectivity index (χ1v) is 7.81. The van der Waals surface area contributed by atoms with Crippen LogP contribution in [0.15, 0.2) is 54.6 Å². The number of aromatic nitrogens is 2. The molecule has 6 nitrogen and oxygen atoms in total. The van der Waals surface area contributed by atoms with Gasteiger partial charge < -0.3 is 10.6 Å². The standard InChI is InChI=1S/C22H18N6/c1-15-12-18(4-3-10-23)13-16(2)21(15)27-20-9-11-25-22(28-20)26-19-7-5-17(14-24)6-8-19/h3-9,11-13H,1-2H3,(H2,25,26,27,28)/b4-3+/i1D3,2D3,5D,6D,7D,8D. The molecule has 2 aromatic carbocycles. The fourth-order valence-electron chi connectivity index (χ4n) is 2.19. The molecule has 1 aromatic heterocycles. The normalized spacial score (nSPS) is 16.4. The molecule has 0 fully saturated rings. The van der Waals surface area contributed by atoms with Crippen molar-refractivity contribution < 1.29 is 13.7 Å². The highest BCUT2D eigenvalue weighted by atomic mass is 15.1. The maximum atomic E-state index is 9.12. The van der Waals surface area contributed by atoms with Crippen molar-refractivity contribution in [2.24, 2.45) is 0 Å². The first kappa shape index (κ1) is 9.68. The van der Waals surface area contributed by atoms with Gasteiger partial charge in [-0.3, -0.25) is 0 Å². The van der Waals surface area contributed by atoms with Crippen molar-refractivity contribution in [1.29, 1.82) is 10.5 Å². The van der Waals surface area contributed by atoms with Gasteiger partial charge in [0.05, 0.1) is 23.2 Å². The van der Waals surface area contributed by atoms with Crippen LogP contribution in [0.4, 0.5) is 23.1 Å². The summed E-state index contributed by atoms with van der Waals surface area (Å²) in [6.07, 6.45) is 3.62. The number of anilines is 4. The summed E-state index contributed by atoms with van der Waals surface area (Å²) in [6, 6.07) is 5.03. The van der Waals surface area contributed by atoms with Crippen LogP contribution >= 0.6 is 0 Å². The number of nitrogens with one attached hydrogen (secondary N) is 2. The second-order valence-corrected chi connectivity index (χ2v) is 5.33. The Hall–Kier alpha value is -4.16. The zero-order chi connectivity index (χ0) is 28.4. The summed E-state index contributed by atoms with van der Waals surface area (Å²) in [5.74, 6) is -0.248. The Bertz CT molecular complexity index is 1450. The molecule has 1 heterocycles. The van der Waals surface area contributed by atoms with Gasteiger partial charge in [0.25, 0.3) is 0 Å². The number of allylic oxidation sites excluding steroid dienone is 1. The van der Waals surface area contributed by atoms with E-state index in [0.717, 1.165) is 6.08 Å². The maximum Gasteiger partial charge on any atom is 0.229 e. The molecule has 6 heteroatoms. The first-order chi connectivity index (χ1) is 17.7. The molecule has 0 saturated carbocycles. The number of hydrogen-bond donors (Lipinski definition) is 2. The van der Waals surface area contributed by atoms with Crippen molar-refractivity contribution in [3.05, 3.63) is 76.9 Å². The summed E-state index contributed by atoms with van der Waals surface area (Å²) < 4.78 is 79.7. The van der Waals surface area contributed by atoms with E-state index in [0.29, 0.717) is 0 Å².